The second kappa shape index (κ2) is 6.47. The first-order valence-electron chi connectivity index (χ1n) is 7.23. The summed E-state index contributed by atoms with van der Waals surface area (Å²) < 4.78 is 0. The molecule has 1 saturated heterocycles. The van der Waals surface area contributed by atoms with Crippen molar-refractivity contribution in [3.8, 4) is 0 Å². The van der Waals surface area contributed by atoms with Gasteiger partial charge in [0, 0.05) is 26.7 Å². The molecule has 1 aromatic heterocycles. The van der Waals surface area contributed by atoms with Crippen LogP contribution in [0.4, 0.5) is 4.79 Å². The van der Waals surface area contributed by atoms with Crippen molar-refractivity contribution >= 4 is 23.3 Å². The summed E-state index contributed by atoms with van der Waals surface area (Å²) in [6, 6.07) is 1.99. The smallest absolute Gasteiger partial charge is 0.320 e. The molecule has 6 heteroatoms. The van der Waals surface area contributed by atoms with Crippen molar-refractivity contribution in [2.24, 2.45) is 5.41 Å². The molecular formula is C15H22N2O3S. The molecule has 0 spiro atoms. The van der Waals surface area contributed by atoms with Crippen LogP contribution in [0.2, 0.25) is 0 Å². The maximum Gasteiger partial charge on any atom is 0.320 e. The highest BCUT2D eigenvalue weighted by Crippen LogP contribution is 2.35. The molecule has 21 heavy (non-hydrogen) atoms. The van der Waals surface area contributed by atoms with Crippen LogP contribution in [-0.4, -0.2) is 47.0 Å². The fourth-order valence-corrected chi connectivity index (χ4v) is 3.47. The standard InChI is InChI=1S/C15H22N2O3S/c1-3-15(13(18)19)5-7-17(8-6-15)14(20)16(2)10-12-4-9-21-11-12/h4,9,11H,3,5-8,10H2,1-2H3,(H,18,19). The third kappa shape index (κ3) is 3.37. The second-order valence-corrected chi connectivity index (χ2v) is 6.48. The lowest BCUT2D eigenvalue weighted by Gasteiger charge is -2.39. The first-order valence-corrected chi connectivity index (χ1v) is 8.17. The van der Waals surface area contributed by atoms with Gasteiger partial charge in [0.25, 0.3) is 0 Å². The Morgan fingerprint density at radius 2 is 2.10 bits per heavy atom. The zero-order valence-corrected chi connectivity index (χ0v) is 13.4. The number of amides is 2. The fourth-order valence-electron chi connectivity index (χ4n) is 2.81. The Kier molecular flexibility index (Phi) is 4.88. The maximum atomic E-state index is 12.4. The Morgan fingerprint density at radius 3 is 2.57 bits per heavy atom. The molecule has 0 aliphatic carbocycles. The minimum absolute atomic E-state index is 0.0173. The van der Waals surface area contributed by atoms with E-state index in [9.17, 15) is 14.7 Å². The summed E-state index contributed by atoms with van der Waals surface area (Å²) in [4.78, 5) is 27.3. The van der Waals surface area contributed by atoms with Crippen LogP contribution >= 0.6 is 11.3 Å². The van der Waals surface area contributed by atoms with Crippen molar-refractivity contribution in [2.75, 3.05) is 20.1 Å². The minimum atomic E-state index is -0.733. The summed E-state index contributed by atoms with van der Waals surface area (Å²) >= 11 is 1.62. The largest absolute Gasteiger partial charge is 0.481 e. The lowest BCUT2D eigenvalue weighted by Crippen LogP contribution is -2.49. The number of hydrogen-bond acceptors (Lipinski definition) is 3. The number of likely N-dealkylation sites (tertiary alicyclic amines) is 1. The number of carboxylic acids is 1. The van der Waals surface area contributed by atoms with Crippen molar-refractivity contribution in [2.45, 2.75) is 32.7 Å². The van der Waals surface area contributed by atoms with Gasteiger partial charge in [-0.25, -0.2) is 4.79 Å². The van der Waals surface area contributed by atoms with Crippen LogP contribution in [-0.2, 0) is 11.3 Å². The van der Waals surface area contributed by atoms with Crippen LogP contribution < -0.4 is 0 Å². The van der Waals surface area contributed by atoms with Gasteiger partial charge in [0.1, 0.15) is 0 Å². The number of carboxylic acid groups (broad SMARTS) is 1. The van der Waals surface area contributed by atoms with Crippen molar-refractivity contribution in [1.29, 1.82) is 0 Å². The second-order valence-electron chi connectivity index (χ2n) is 5.70. The monoisotopic (exact) mass is 310 g/mol. The summed E-state index contributed by atoms with van der Waals surface area (Å²) in [7, 11) is 1.79. The highest BCUT2D eigenvalue weighted by Gasteiger charge is 2.41. The molecule has 1 aromatic rings. The van der Waals surface area contributed by atoms with E-state index in [0.717, 1.165) is 5.56 Å². The molecule has 0 radical (unpaired) electrons. The number of carbonyl (C=O) groups excluding carboxylic acids is 1. The summed E-state index contributed by atoms with van der Waals surface area (Å²) in [6.45, 7) is 3.55. The van der Waals surface area contributed by atoms with Crippen molar-refractivity contribution in [3.63, 3.8) is 0 Å². The molecule has 0 aromatic carbocycles. The fraction of sp³-hybridized carbons (Fsp3) is 0.600. The number of carbonyl (C=O) groups is 2. The molecule has 1 fully saturated rings. The average molecular weight is 310 g/mol. The minimum Gasteiger partial charge on any atom is -0.481 e. The predicted molar refractivity (Wildman–Crippen MR) is 82.3 cm³/mol. The Balaban J connectivity index is 1.92. The zero-order chi connectivity index (χ0) is 15.5. The van der Waals surface area contributed by atoms with Gasteiger partial charge in [-0.3, -0.25) is 4.79 Å². The molecule has 5 nitrogen and oxygen atoms in total. The molecule has 1 aliphatic rings. The molecule has 2 rings (SSSR count). The van der Waals surface area contributed by atoms with Crippen LogP contribution in [0, 0.1) is 5.41 Å². The lowest BCUT2D eigenvalue weighted by atomic mass is 9.76. The lowest BCUT2D eigenvalue weighted by molar-refractivity contribution is -0.152. The Labute approximate surface area is 129 Å². The number of aliphatic carboxylic acids is 1. The molecule has 0 unspecified atom stereocenters. The number of hydrogen-bond donors (Lipinski definition) is 1. The zero-order valence-electron chi connectivity index (χ0n) is 12.5. The third-order valence-corrected chi connectivity index (χ3v) is 5.18. The average Bonchev–Trinajstić information content (AvgIpc) is 2.99. The van der Waals surface area contributed by atoms with Gasteiger partial charge in [0.05, 0.1) is 5.41 Å². The summed E-state index contributed by atoms with van der Waals surface area (Å²) in [5.41, 5.74) is 0.476. The Morgan fingerprint density at radius 1 is 1.43 bits per heavy atom. The maximum absolute atomic E-state index is 12.4. The van der Waals surface area contributed by atoms with Gasteiger partial charge in [-0.2, -0.15) is 11.3 Å². The highest BCUT2D eigenvalue weighted by atomic mass is 32.1. The quantitative estimate of drug-likeness (QED) is 0.930. The predicted octanol–water partition coefficient (Wildman–Crippen LogP) is 2.88. The van der Waals surface area contributed by atoms with Crippen LogP contribution in [0.25, 0.3) is 0 Å². The first-order chi connectivity index (χ1) is 9.98. The van der Waals surface area contributed by atoms with E-state index in [-0.39, 0.29) is 6.03 Å². The normalized spacial score (nSPS) is 17.5. The van der Waals surface area contributed by atoms with E-state index in [1.54, 1.807) is 28.2 Å². The van der Waals surface area contributed by atoms with E-state index in [2.05, 4.69) is 0 Å². The molecule has 2 heterocycles. The van der Waals surface area contributed by atoms with Crippen LogP contribution in [0.5, 0.6) is 0 Å². The van der Waals surface area contributed by atoms with Gasteiger partial charge in [0.15, 0.2) is 0 Å². The van der Waals surface area contributed by atoms with Gasteiger partial charge < -0.3 is 14.9 Å². The van der Waals surface area contributed by atoms with E-state index >= 15 is 0 Å². The van der Waals surface area contributed by atoms with Gasteiger partial charge in [-0.1, -0.05) is 6.92 Å². The third-order valence-electron chi connectivity index (χ3n) is 4.45. The van der Waals surface area contributed by atoms with E-state index in [0.29, 0.717) is 38.9 Å². The van der Waals surface area contributed by atoms with Crippen molar-refractivity contribution in [3.05, 3.63) is 22.4 Å². The SMILES string of the molecule is CCC1(C(=O)O)CCN(C(=O)N(C)Cc2ccsc2)CC1. The molecule has 2 amide bonds. The van der Waals surface area contributed by atoms with Crippen LogP contribution in [0.3, 0.4) is 0 Å². The Hall–Kier alpha value is -1.56. The molecule has 0 atom stereocenters. The number of piperidine rings is 1. The molecule has 116 valence electrons. The van der Waals surface area contributed by atoms with Crippen molar-refractivity contribution < 1.29 is 14.7 Å². The summed E-state index contributed by atoms with van der Waals surface area (Å²) in [5.74, 6) is -0.733. The molecular weight excluding hydrogens is 288 g/mol. The topological polar surface area (TPSA) is 60.9 Å². The van der Waals surface area contributed by atoms with Gasteiger partial charge in [0.2, 0.25) is 0 Å². The van der Waals surface area contributed by atoms with E-state index < -0.39 is 11.4 Å². The number of rotatable bonds is 4. The molecule has 0 saturated carbocycles. The molecule has 0 bridgehead atoms. The number of urea groups is 1. The van der Waals surface area contributed by atoms with Gasteiger partial charge >= 0.3 is 12.0 Å². The van der Waals surface area contributed by atoms with Gasteiger partial charge in [-0.05, 0) is 41.7 Å². The summed E-state index contributed by atoms with van der Waals surface area (Å²) in [6.07, 6.45) is 1.70. The highest BCUT2D eigenvalue weighted by molar-refractivity contribution is 7.07. The Bertz CT molecular complexity index is 493. The molecule has 1 N–H and O–H groups in total. The van der Waals surface area contributed by atoms with Gasteiger partial charge in [-0.15, -0.1) is 0 Å². The number of nitrogens with zero attached hydrogens (tertiary/aromatic N) is 2. The molecule has 1 aliphatic heterocycles. The first kappa shape index (κ1) is 15.8. The van der Waals surface area contributed by atoms with Crippen LogP contribution in [0.1, 0.15) is 31.7 Å². The van der Waals surface area contributed by atoms with E-state index in [4.69, 9.17) is 0 Å². The van der Waals surface area contributed by atoms with Crippen LogP contribution in [0.15, 0.2) is 16.8 Å². The summed E-state index contributed by atoms with van der Waals surface area (Å²) in [5, 5.41) is 13.4. The van der Waals surface area contributed by atoms with Crippen molar-refractivity contribution in [1.82, 2.24) is 9.80 Å². The number of thiophene rings is 1. The van der Waals surface area contributed by atoms with E-state index in [1.807, 2.05) is 23.8 Å². The van der Waals surface area contributed by atoms with E-state index in [1.165, 1.54) is 0 Å².